The number of hydrogen-bond donors (Lipinski definition) is 2. The van der Waals surface area contributed by atoms with Crippen LogP contribution in [0.2, 0.25) is 5.02 Å². The summed E-state index contributed by atoms with van der Waals surface area (Å²) < 4.78 is 33.0. The summed E-state index contributed by atoms with van der Waals surface area (Å²) in [5.74, 6) is 0. The summed E-state index contributed by atoms with van der Waals surface area (Å²) in [7, 11) is -4.03. The quantitative estimate of drug-likeness (QED) is 0.531. The van der Waals surface area contributed by atoms with Crippen LogP contribution in [-0.2, 0) is 14.8 Å². The molecule has 1 heterocycles. The Balaban J connectivity index is 1.84. The maximum atomic E-state index is 12.6. The summed E-state index contributed by atoms with van der Waals surface area (Å²) >= 11 is 5.97. The summed E-state index contributed by atoms with van der Waals surface area (Å²) in [6, 6.07) is 10.1. The van der Waals surface area contributed by atoms with Crippen molar-refractivity contribution in [3.8, 4) is 0 Å². The average Bonchev–Trinajstić information content (AvgIpc) is 3.15. The number of anilines is 2. The molecule has 0 aromatic heterocycles. The zero-order chi connectivity index (χ0) is 19.4. The number of nitro groups is 1. The van der Waals surface area contributed by atoms with Crippen molar-refractivity contribution in [2.24, 2.45) is 0 Å². The van der Waals surface area contributed by atoms with Gasteiger partial charge < -0.3 is 10.1 Å². The van der Waals surface area contributed by atoms with E-state index >= 15 is 0 Å². The molecule has 1 saturated heterocycles. The third-order valence-corrected chi connectivity index (χ3v) is 5.83. The van der Waals surface area contributed by atoms with Crippen LogP contribution in [0.1, 0.15) is 12.8 Å². The van der Waals surface area contributed by atoms with Crippen molar-refractivity contribution in [2.45, 2.75) is 23.8 Å². The number of nitrogens with one attached hydrogen (secondary N) is 2. The van der Waals surface area contributed by atoms with Crippen LogP contribution in [0.25, 0.3) is 0 Å². The summed E-state index contributed by atoms with van der Waals surface area (Å²) in [6.07, 6.45) is 1.84. The minimum absolute atomic E-state index is 0.00472. The maximum Gasteiger partial charge on any atom is 0.293 e. The van der Waals surface area contributed by atoms with Gasteiger partial charge in [-0.05, 0) is 37.1 Å². The Hall–Kier alpha value is -2.36. The first-order valence-corrected chi connectivity index (χ1v) is 10.1. The molecule has 1 aliphatic rings. The highest BCUT2D eigenvalue weighted by molar-refractivity contribution is 7.92. The lowest BCUT2D eigenvalue weighted by Gasteiger charge is -2.13. The standard InChI is InChI=1S/C17H18ClN3O5S/c18-14-5-1-2-6-15(14)20-27(24,25)13-7-8-16(17(10-13)21(22)23)19-11-12-4-3-9-26-12/h1-2,5-8,10,12,19-20H,3-4,9,11H2/t12-/m0/s1. The first-order chi connectivity index (χ1) is 12.9. The molecule has 0 unspecified atom stereocenters. The maximum absolute atomic E-state index is 12.6. The van der Waals surface area contributed by atoms with Gasteiger partial charge in [-0.2, -0.15) is 0 Å². The lowest BCUT2D eigenvalue weighted by atomic mass is 10.2. The molecule has 0 amide bonds. The summed E-state index contributed by atoms with van der Waals surface area (Å²) in [5.41, 5.74) is 0.115. The lowest BCUT2D eigenvalue weighted by molar-refractivity contribution is -0.384. The Labute approximate surface area is 161 Å². The van der Waals surface area contributed by atoms with Crippen LogP contribution < -0.4 is 10.0 Å². The highest BCUT2D eigenvalue weighted by Crippen LogP contribution is 2.30. The Morgan fingerprint density at radius 3 is 2.67 bits per heavy atom. The molecule has 0 aliphatic carbocycles. The average molecular weight is 412 g/mol. The molecular weight excluding hydrogens is 394 g/mol. The van der Waals surface area contributed by atoms with Crippen LogP contribution in [-0.4, -0.2) is 32.6 Å². The van der Waals surface area contributed by atoms with Crippen molar-refractivity contribution in [3.63, 3.8) is 0 Å². The van der Waals surface area contributed by atoms with Crippen LogP contribution in [0, 0.1) is 10.1 Å². The van der Waals surface area contributed by atoms with Crippen LogP contribution in [0.4, 0.5) is 17.1 Å². The molecule has 3 rings (SSSR count). The normalized spacial score (nSPS) is 16.9. The van der Waals surface area contributed by atoms with Gasteiger partial charge in [-0.3, -0.25) is 14.8 Å². The van der Waals surface area contributed by atoms with Crippen molar-refractivity contribution in [1.82, 2.24) is 0 Å². The molecule has 2 aromatic rings. The molecule has 1 atom stereocenters. The number of halogens is 1. The van der Waals surface area contributed by atoms with Gasteiger partial charge in [0.1, 0.15) is 5.69 Å². The third-order valence-electron chi connectivity index (χ3n) is 4.14. The third kappa shape index (κ3) is 4.68. The molecule has 1 aliphatic heterocycles. The van der Waals surface area contributed by atoms with E-state index in [0.717, 1.165) is 18.9 Å². The molecule has 1 fully saturated rings. The number of sulfonamides is 1. The summed E-state index contributed by atoms with van der Waals surface area (Å²) in [6.45, 7) is 1.10. The van der Waals surface area contributed by atoms with E-state index in [1.54, 1.807) is 18.2 Å². The fourth-order valence-corrected chi connectivity index (χ4v) is 4.09. The molecule has 2 aromatic carbocycles. The van der Waals surface area contributed by atoms with Crippen molar-refractivity contribution in [1.29, 1.82) is 0 Å². The predicted octanol–water partition coefficient (Wildman–Crippen LogP) is 3.64. The molecule has 2 N–H and O–H groups in total. The highest BCUT2D eigenvalue weighted by atomic mass is 35.5. The highest BCUT2D eigenvalue weighted by Gasteiger charge is 2.23. The second-order valence-electron chi connectivity index (χ2n) is 6.04. The first kappa shape index (κ1) is 19.4. The number of ether oxygens (including phenoxy) is 1. The fourth-order valence-electron chi connectivity index (χ4n) is 2.76. The van der Waals surface area contributed by atoms with Gasteiger partial charge in [-0.1, -0.05) is 23.7 Å². The van der Waals surface area contributed by atoms with Crippen molar-refractivity contribution in [2.75, 3.05) is 23.2 Å². The van der Waals surface area contributed by atoms with Crippen molar-refractivity contribution < 1.29 is 18.1 Å². The number of hydrogen-bond acceptors (Lipinski definition) is 6. The summed E-state index contributed by atoms with van der Waals surface area (Å²) in [4.78, 5) is 10.6. The molecular formula is C17H18ClN3O5S. The number of nitrogens with zero attached hydrogens (tertiary/aromatic N) is 1. The van der Waals surface area contributed by atoms with E-state index in [-0.39, 0.29) is 33.1 Å². The van der Waals surface area contributed by atoms with Gasteiger partial charge in [-0.15, -0.1) is 0 Å². The van der Waals surface area contributed by atoms with E-state index in [2.05, 4.69) is 10.0 Å². The van der Waals surface area contributed by atoms with Crippen LogP contribution in [0.15, 0.2) is 47.4 Å². The molecule has 8 nitrogen and oxygen atoms in total. The molecule has 0 bridgehead atoms. The molecule has 144 valence electrons. The van der Waals surface area contributed by atoms with Gasteiger partial charge in [0.05, 0.1) is 26.6 Å². The van der Waals surface area contributed by atoms with Crippen molar-refractivity contribution >= 4 is 38.7 Å². The second kappa shape index (κ2) is 8.12. The minimum atomic E-state index is -4.03. The number of rotatable bonds is 7. The van der Waals surface area contributed by atoms with Gasteiger partial charge in [0.25, 0.3) is 15.7 Å². The monoisotopic (exact) mass is 411 g/mol. The SMILES string of the molecule is O=[N+]([O-])c1cc(S(=O)(=O)Nc2ccccc2Cl)ccc1NC[C@@H]1CCCO1. The Bertz CT molecular complexity index is 945. The van der Waals surface area contributed by atoms with E-state index in [9.17, 15) is 18.5 Å². The van der Waals surface area contributed by atoms with E-state index in [1.165, 1.54) is 18.2 Å². The first-order valence-electron chi connectivity index (χ1n) is 8.28. The molecule has 0 radical (unpaired) electrons. The molecule has 27 heavy (non-hydrogen) atoms. The zero-order valence-electron chi connectivity index (χ0n) is 14.2. The Kier molecular flexibility index (Phi) is 5.83. The van der Waals surface area contributed by atoms with Gasteiger partial charge in [-0.25, -0.2) is 8.42 Å². The van der Waals surface area contributed by atoms with Gasteiger partial charge in [0.2, 0.25) is 0 Å². The van der Waals surface area contributed by atoms with Gasteiger partial charge in [0.15, 0.2) is 0 Å². The molecule has 10 heteroatoms. The molecule has 0 saturated carbocycles. The lowest BCUT2D eigenvalue weighted by Crippen LogP contribution is -2.19. The van der Waals surface area contributed by atoms with Crippen LogP contribution >= 0.6 is 11.6 Å². The zero-order valence-corrected chi connectivity index (χ0v) is 15.8. The van der Waals surface area contributed by atoms with E-state index < -0.39 is 14.9 Å². The fraction of sp³-hybridized carbons (Fsp3) is 0.294. The Morgan fingerprint density at radius 2 is 2.00 bits per heavy atom. The van der Waals surface area contributed by atoms with Crippen LogP contribution in [0.3, 0.4) is 0 Å². The number of para-hydroxylation sites is 1. The van der Waals surface area contributed by atoms with E-state index in [4.69, 9.17) is 16.3 Å². The van der Waals surface area contributed by atoms with Gasteiger partial charge in [0, 0.05) is 19.2 Å². The van der Waals surface area contributed by atoms with Crippen molar-refractivity contribution in [3.05, 3.63) is 57.6 Å². The molecule has 0 spiro atoms. The predicted molar refractivity (Wildman–Crippen MR) is 103 cm³/mol. The summed E-state index contributed by atoms with van der Waals surface area (Å²) in [5, 5.41) is 14.6. The smallest absolute Gasteiger partial charge is 0.293 e. The van der Waals surface area contributed by atoms with Gasteiger partial charge >= 0.3 is 0 Å². The van der Waals surface area contributed by atoms with Crippen LogP contribution in [0.5, 0.6) is 0 Å². The Morgan fingerprint density at radius 1 is 1.22 bits per heavy atom. The van der Waals surface area contributed by atoms with E-state index in [0.29, 0.717) is 13.2 Å². The largest absolute Gasteiger partial charge is 0.377 e. The number of benzene rings is 2. The second-order valence-corrected chi connectivity index (χ2v) is 8.13. The van der Waals surface area contributed by atoms with E-state index in [1.807, 2.05) is 0 Å². The number of nitro benzene ring substituents is 1. The minimum Gasteiger partial charge on any atom is -0.377 e. The topological polar surface area (TPSA) is 111 Å².